The van der Waals surface area contributed by atoms with Gasteiger partial charge >= 0.3 is 0 Å². The van der Waals surface area contributed by atoms with E-state index in [0.29, 0.717) is 0 Å². The largest absolute Gasteiger partial charge is 0.0654 e. The molecule has 0 aromatic rings. The maximum atomic E-state index is 3.90. The minimum atomic E-state index is 0.935. The van der Waals surface area contributed by atoms with Crippen molar-refractivity contribution in [3.05, 3.63) is 6.92 Å². The third-order valence-electron chi connectivity index (χ3n) is 3.89. The quantitative estimate of drug-likeness (QED) is 0.345. The van der Waals surface area contributed by atoms with Crippen molar-refractivity contribution in [3.8, 4) is 0 Å². The summed E-state index contributed by atoms with van der Waals surface area (Å²) >= 11 is 0. The van der Waals surface area contributed by atoms with Crippen LogP contribution >= 0.6 is 0 Å². The fraction of sp³-hybridized carbons (Fsp3) is 0.941. The molecule has 0 aliphatic carbocycles. The van der Waals surface area contributed by atoms with Crippen LogP contribution in [-0.2, 0) is 0 Å². The monoisotopic (exact) mass is 239 g/mol. The molecule has 0 spiro atoms. The van der Waals surface area contributed by atoms with E-state index in [2.05, 4.69) is 27.7 Å². The van der Waals surface area contributed by atoms with Gasteiger partial charge in [0.25, 0.3) is 0 Å². The van der Waals surface area contributed by atoms with Crippen molar-refractivity contribution in [2.24, 2.45) is 11.8 Å². The second-order valence-electron chi connectivity index (χ2n) is 5.99. The molecule has 2 unspecified atom stereocenters. The van der Waals surface area contributed by atoms with Crippen molar-refractivity contribution in [1.29, 1.82) is 0 Å². The van der Waals surface area contributed by atoms with Crippen molar-refractivity contribution < 1.29 is 0 Å². The molecule has 0 saturated heterocycles. The van der Waals surface area contributed by atoms with E-state index in [-0.39, 0.29) is 0 Å². The number of hydrogen-bond donors (Lipinski definition) is 0. The van der Waals surface area contributed by atoms with Crippen LogP contribution in [0.4, 0.5) is 0 Å². The molecule has 1 radical (unpaired) electrons. The molecule has 0 nitrogen and oxygen atoms in total. The highest BCUT2D eigenvalue weighted by atomic mass is 14.1. The normalized spacial score (nSPS) is 14.8. The Kier molecular flexibility index (Phi) is 12.5. The van der Waals surface area contributed by atoms with Gasteiger partial charge in [0.2, 0.25) is 0 Å². The predicted octanol–water partition coefficient (Wildman–Crippen LogP) is 6.40. The lowest BCUT2D eigenvalue weighted by atomic mass is 9.92. The van der Waals surface area contributed by atoms with Gasteiger partial charge in [-0.2, -0.15) is 0 Å². The summed E-state index contributed by atoms with van der Waals surface area (Å²) in [7, 11) is 0. The van der Waals surface area contributed by atoms with Crippen LogP contribution in [0.1, 0.15) is 91.4 Å². The second-order valence-corrected chi connectivity index (χ2v) is 5.99. The van der Waals surface area contributed by atoms with Crippen LogP contribution < -0.4 is 0 Å². The van der Waals surface area contributed by atoms with Gasteiger partial charge in [-0.15, -0.1) is 0 Å². The summed E-state index contributed by atoms with van der Waals surface area (Å²) in [6, 6.07) is 0. The number of unbranched alkanes of at least 4 members (excludes halogenated alkanes) is 4. The van der Waals surface area contributed by atoms with Crippen LogP contribution in [0.3, 0.4) is 0 Å². The summed E-state index contributed by atoms with van der Waals surface area (Å²) in [6.45, 7) is 11.0. The Hall–Kier alpha value is 0. The van der Waals surface area contributed by atoms with E-state index in [1.165, 1.54) is 64.2 Å². The van der Waals surface area contributed by atoms with Gasteiger partial charge in [-0.25, -0.2) is 0 Å². The fourth-order valence-corrected chi connectivity index (χ4v) is 2.52. The Bertz CT molecular complexity index is 123. The first-order valence-electron chi connectivity index (χ1n) is 7.99. The van der Waals surface area contributed by atoms with Gasteiger partial charge in [0.1, 0.15) is 0 Å². The molecule has 0 amide bonds. The van der Waals surface area contributed by atoms with Gasteiger partial charge in [-0.05, 0) is 11.8 Å². The van der Waals surface area contributed by atoms with Crippen LogP contribution in [0, 0.1) is 18.8 Å². The summed E-state index contributed by atoms with van der Waals surface area (Å²) in [5, 5.41) is 0. The van der Waals surface area contributed by atoms with Crippen molar-refractivity contribution in [3.63, 3.8) is 0 Å². The standard InChI is InChI=1S/C17H35/c1-5-7-9-12-16(3)14-11-15-17(4)13-10-8-6-2/h16-17H,1,5-15H2,2-4H3. The zero-order valence-electron chi connectivity index (χ0n) is 12.6. The molecule has 0 aromatic carbocycles. The van der Waals surface area contributed by atoms with E-state index < -0.39 is 0 Å². The molecule has 0 bridgehead atoms. The molecule has 0 N–H and O–H groups in total. The minimum Gasteiger partial charge on any atom is -0.0654 e. The van der Waals surface area contributed by atoms with Gasteiger partial charge in [-0.1, -0.05) is 98.3 Å². The van der Waals surface area contributed by atoms with Gasteiger partial charge in [0.15, 0.2) is 0 Å². The van der Waals surface area contributed by atoms with Crippen LogP contribution in [0.25, 0.3) is 0 Å². The zero-order chi connectivity index (χ0) is 12.9. The third-order valence-corrected chi connectivity index (χ3v) is 3.89. The van der Waals surface area contributed by atoms with Gasteiger partial charge in [0.05, 0.1) is 0 Å². The van der Waals surface area contributed by atoms with Crippen molar-refractivity contribution >= 4 is 0 Å². The van der Waals surface area contributed by atoms with Crippen LogP contribution in [0.2, 0.25) is 0 Å². The Morgan fingerprint density at radius 1 is 0.706 bits per heavy atom. The predicted molar refractivity (Wildman–Crippen MR) is 80.1 cm³/mol. The minimum absolute atomic E-state index is 0.935. The van der Waals surface area contributed by atoms with Crippen molar-refractivity contribution in [2.75, 3.05) is 0 Å². The van der Waals surface area contributed by atoms with Crippen LogP contribution in [-0.4, -0.2) is 0 Å². The molecule has 103 valence electrons. The molecule has 17 heavy (non-hydrogen) atoms. The molecule has 0 saturated carbocycles. The topological polar surface area (TPSA) is 0 Å². The maximum Gasteiger partial charge on any atom is -0.0443 e. The highest BCUT2D eigenvalue weighted by molar-refractivity contribution is 4.59. The van der Waals surface area contributed by atoms with Crippen LogP contribution in [0.5, 0.6) is 0 Å². The molecule has 0 heterocycles. The molecule has 0 aliphatic rings. The highest BCUT2D eigenvalue weighted by Gasteiger charge is 2.05. The van der Waals surface area contributed by atoms with Crippen molar-refractivity contribution in [1.82, 2.24) is 0 Å². The summed E-state index contributed by atoms with van der Waals surface area (Å²) in [5.74, 6) is 1.89. The Morgan fingerprint density at radius 2 is 1.18 bits per heavy atom. The Balaban J connectivity index is 3.29. The Labute approximate surface area is 111 Å². The summed E-state index contributed by atoms with van der Waals surface area (Å²) in [4.78, 5) is 0. The lowest BCUT2D eigenvalue weighted by Crippen LogP contribution is -1.99. The zero-order valence-corrected chi connectivity index (χ0v) is 12.6. The van der Waals surface area contributed by atoms with E-state index >= 15 is 0 Å². The maximum absolute atomic E-state index is 3.90. The second kappa shape index (κ2) is 12.5. The molecule has 0 aliphatic heterocycles. The van der Waals surface area contributed by atoms with E-state index in [9.17, 15) is 0 Å². The van der Waals surface area contributed by atoms with E-state index in [4.69, 9.17) is 0 Å². The van der Waals surface area contributed by atoms with E-state index in [1.54, 1.807) is 0 Å². The fourth-order valence-electron chi connectivity index (χ4n) is 2.52. The lowest BCUT2D eigenvalue weighted by molar-refractivity contribution is 0.395. The van der Waals surface area contributed by atoms with E-state index in [1.807, 2.05) is 0 Å². The number of hydrogen-bond acceptors (Lipinski definition) is 0. The van der Waals surface area contributed by atoms with Crippen LogP contribution in [0.15, 0.2) is 0 Å². The first kappa shape index (κ1) is 17.0. The molecular formula is C17H35. The molecule has 0 aromatic heterocycles. The Morgan fingerprint density at radius 3 is 1.65 bits per heavy atom. The molecule has 0 fully saturated rings. The first-order valence-corrected chi connectivity index (χ1v) is 7.99. The number of rotatable bonds is 12. The summed E-state index contributed by atoms with van der Waals surface area (Å²) < 4.78 is 0. The molecular weight excluding hydrogens is 204 g/mol. The highest BCUT2D eigenvalue weighted by Crippen LogP contribution is 2.20. The van der Waals surface area contributed by atoms with Crippen molar-refractivity contribution in [2.45, 2.75) is 91.4 Å². The SMILES string of the molecule is [CH2]CCCCC(C)CCCC(C)CCCCC. The molecule has 0 heteroatoms. The summed E-state index contributed by atoms with van der Waals surface area (Å²) in [6.07, 6.45) is 15.2. The first-order chi connectivity index (χ1) is 8.20. The smallest absolute Gasteiger partial charge is 0.0443 e. The average Bonchev–Trinajstić information content (AvgIpc) is 2.30. The van der Waals surface area contributed by atoms with Gasteiger partial charge < -0.3 is 0 Å². The lowest BCUT2D eigenvalue weighted by Gasteiger charge is -2.14. The average molecular weight is 239 g/mol. The molecule has 2 atom stereocenters. The van der Waals surface area contributed by atoms with Gasteiger partial charge in [0, 0.05) is 0 Å². The van der Waals surface area contributed by atoms with E-state index in [0.717, 1.165) is 18.3 Å². The molecule has 0 rings (SSSR count). The third kappa shape index (κ3) is 12.2. The van der Waals surface area contributed by atoms with Gasteiger partial charge in [-0.3, -0.25) is 0 Å². The summed E-state index contributed by atoms with van der Waals surface area (Å²) in [5.41, 5.74) is 0.